The van der Waals surface area contributed by atoms with Crippen molar-refractivity contribution in [3.8, 4) is 5.75 Å². The summed E-state index contributed by atoms with van der Waals surface area (Å²) in [5.74, 6) is 0.139. The lowest BCUT2D eigenvalue weighted by atomic mass is 10.2. The molecule has 0 aromatic heterocycles. The summed E-state index contributed by atoms with van der Waals surface area (Å²) in [7, 11) is 1.81. The number of rotatable bonds is 2. The van der Waals surface area contributed by atoms with Crippen LogP contribution >= 0.6 is 27.5 Å². The Morgan fingerprint density at radius 3 is 2.83 bits per heavy atom. The summed E-state index contributed by atoms with van der Waals surface area (Å²) >= 11 is 9.01. The average molecular weight is 251 g/mol. The first-order valence-corrected chi connectivity index (χ1v) is 4.64. The van der Waals surface area contributed by atoms with Crippen LogP contribution < -0.4 is 5.32 Å². The molecule has 4 heteroatoms. The standard InChI is InChI=1S/C8H9BrClNO/c1-11-4-5-2-3-6(9)7(10)8(5)12/h2-3,11-12H,4H2,1H3. The molecule has 0 aliphatic heterocycles. The smallest absolute Gasteiger partial charge is 0.139 e. The summed E-state index contributed by atoms with van der Waals surface area (Å²) in [5.41, 5.74) is 0.797. The molecule has 0 unspecified atom stereocenters. The molecule has 0 saturated heterocycles. The van der Waals surface area contributed by atoms with Crippen molar-refractivity contribution in [3.05, 3.63) is 27.2 Å². The highest BCUT2D eigenvalue weighted by molar-refractivity contribution is 9.10. The largest absolute Gasteiger partial charge is 0.506 e. The fourth-order valence-electron chi connectivity index (χ4n) is 0.913. The first-order valence-electron chi connectivity index (χ1n) is 3.47. The zero-order valence-electron chi connectivity index (χ0n) is 6.56. The number of hydrogen-bond donors (Lipinski definition) is 2. The topological polar surface area (TPSA) is 32.3 Å². The van der Waals surface area contributed by atoms with Gasteiger partial charge in [0.25, 0.3) is 0 Å². The van der Waals surface area contributed by atoms with Gasteiger partial charge in [0.2, 0.25) is 0 Å². The molecule has 0 bridgehead atoms. The molecule has 0 saturated carbocycles. The summed E-state index contributed by atoms with van der Waals surface area (Å²) in [5, 5.41) is 12.8. The van der Waals surface area contributed by atoms with Crippen LogP contribution in [-0.2, 0) is 6.54 Å². The van der Waals surface area contributed by atoms with E-state index in [9.17, 15) is 5.11 Å². The molecule has 12 heavy (non-hydrogen) atoms. The maximum atomic E-state index is 9.51. The summed E-state index contributed by atoms with van der Waals surface area (Å²) in [4.78, 5) is 0. The predicted octanol–water partition coefficient (Wildman–Crippen LogP) is 2.53. The molecular weight excluding hydrogens is 241 g/mol. The van der Waals surface area contributed by atoms with Crippen molar-refractivity contribution in [3.63, 3.8) is 0 Å². The van der Waals surface area contributed by atoms with E-state index in [1.54, 1.807) is 0 Å². The van der Waals surface area contributed by atoms with Gasteiger partial charge in [-0.25, -0.2) is 0 Å². The number of benzene rings is 1. The molecule has 0 aliphatic rings. The molecule has 1 aromatic rings. The van der Waals surface area contributed by atoms with E-state index in [-0.39, 0.29) is 5.75 Å². The van der Waals surface area contributed by atoms with Gasteiger partial charge >= 0.3 is 0 Å². The van der Waals surface area contributed by atoms with Gasteiger partial charge in [-0.15, -0.1) is 0 Å². The highest BCUT2D eigenvalue weighted by atomic mass is 79.9. The molecule has 0 spiro atoms. The van der Waals surface area contributed by atoms with Gasteiger partial charge in [0.15, 0.2) is 0 Å². The molecule has 0 heterocycles. The van der Waals surface area contributed by atoms with E-state index in [1.807, 2.05) is 19.2 Å². The second-order valence-electron chi connectivity index (χ2n) is 2.40. The summed E-state index contributed by atoms with van der Waals surface area (Å²) < 4.78 is 0.710. The maximum absolute atomic E-state index is 9.51. The highest BCUT2D eigenvalue weighted by Crippen LogP contribution is 2.33. The minimum absolute atomic E-state index is 0.139. The number of hydrogen-bond acceptors (Lipinski definition) is 2. The van der Waals surface area contributed by atoms with Crippen LogP contribution in [0.5, 0.6) is 5.75 Å². The van der Waals surface area contributed by atoms with Crippen LogP contribution in [-0.4, -0.2) is 12.2 Å². The van der Waals surface area contributed by atoms with Crippen LogP contribution in [0.25, 0.3) is 0 Å². The second-order valence-corrected chi connectivity index (χ2v) is 3.63. The van der Waals surface area contributed by atoms with E-state index in [1.165, 1.54) is 0 Å². The lowest BCUT2D eigenvalue weighted by Crippen LogP contribution is -2.05. The van der Waals surface area contributed by atoms with Crippen molar-refractivity contribution in [2.24, 2.45) is 0 Å². The SMILES string of the molecule is CNCc1ccc(Br)c(Cl)c1O. The van der Waals surface area contributed by atoms with Crippen molar-refractivity contribution in [1.29, 1.82) is 0 Å². The molecule has 1 rings (SSSR count). The Morgan fingerprint density at radius 2 is 2.25 bits per heavy atom. The first-order chi connectivity index (χ1) is 5.66. The number of halogens is 2. The summed E-state index contributed by atoms with van der Waals surface area (Å²) in [6, 6.07) is 3.64. The number of phenols is 1. The number of phenolic OH excluding ortho intramolecular Hbond substituents is 1. The van der Waals surface area contributed by atoms with Gasteiger partial charge in [0.05, 0.1) is 5.02 Å². The number of aromatic hydroxyl groups is 1. The Kier molecular flexibility index (Phi) is 3.38. The van der Waals surface area contributed by atoms with Crippen LogP contribution in [0, 0.1) is 0 Å². The molecule has 2 nitrogen and oxygen atoms in total. The first kappa shape index (κ1) is 9.84. The molecule has 0 fully saturated rings. The lowest BCUT2D eigenvalue weighted by molar-refractivity contribution is 0.466. The third kappa shape index (κ3) is 1.91. The van der Waals surface area contributed by atoms with Crippen LogP contribution in [0.2, 0.25) is 5.02 Å². The molecule has 0 aliphatic carbocycles. The van der Waals surface area contributed by atoms with Gasteiger partial charge in [-0.1, -0.05) is 17.7 Å². The van der Waals surface area contributed by atoms with Gasteiger partial charge in [0, 0.05) is 16.6 Å². The van der Waals surface area contributed by atoms with E-state index in [4.69, 9.17) is 11.6 Å². The molecule has 0 amide bonds. The zero-order valence-corrected chi connectivity index (χ0v) is 8.91. The highest BCUT2D eigenvalue weighted by Gasteiger charge is 2.07. The van der Waals surface area contributed by atoms with E-state index < -0.39 is 0 Å². The summed E-state index contributed by atoms with van der Waals surface area (Å²) in [6.45, 7) is 0.610. The minimum atomic E-state index is 0.139. The zero-order chi connectivity index (χ0) is 9.14. The minimum Gasteiger partial charge on any atom is -0.506 e. The molecule has 1 aromatic carbocycles. The fourth-order valence-corrected chi connectivity index (χ4v) is 1.42. The quantitative estimate of drug-likeness (QED) is 0.845. The Hall–Kier alpha value is -0.250. The fraction of sp³-hybridized carbons (Fsp3) is 0.250. The van der Waals surface area contributed by atoms with Crippen LogP contribution in [0.3, 0.4) is 0 Å². The third-order valence-corrected chi connectivity index (χ3v) is 2.79. The Morgan fingerprint density at radius 1 is 1.58 bits per heavy atom. The van der Waals surface area contributed by atoms with Crippen molar-refractivity contribution in [1.82, 2.24) is 5.32 Å². The predicted molar refractivity (Wildman–Crippen MR) is 53.6 cm³/mol. The molecule has 66 valence electrons. The normalized spacial score (nSPS) is 10.2. The van der Waals surface area contributed by atoms with Gasteiger partial charge in [0.1, 0.15) is 5.75 Å². The van der Waals surface area contributed by atoms with Gasteiger partial charge < -0.3 is 10.4 Å². The monoisotopic (exact) mass is 249 g/mol. The maximum Gasteiger partial charge on any atom is 0.139 e. The van der Waals surface area contributed by atoms with Crippen molar-refractivity contribution >= 4 is 27.5 Å². The van der Waals surface area contributed by atoms with Crippen molar-refractivity contribution < 1.29 is 5.11 Å². The average Bonchev–Trinajstić information content (AvgIpc) is 2.07. The van der Waals surface area contributed by atoms with Gasteiger partial charge in [-0.05, 0) is 29.0 Å². The van der Waals surface area contributed by atoms with E-state index in [2.05, 4.69) is 21.2 Å². The van der Waals surface area contributed by atoms with Gasteiger partial charge in [-0.2, -0.15) is 0 Å². The number of nitrogens with one attached hydrogen (secondary N) is 1. The van der Waals surface area contributed by atoms with Crippen LogP contribution in [0.15, 0.2) is 16.6 Å². The molecule has 0 radical (unpaired) electrons. The van der Waals surface area contributed by atoms with E-state index in [0.29, 0.717) is 16.0 Å². The van der Waals surface area contributed by atoms with Crippen molar-refractivity contribution in [2.45, 2.75) is 6.54 Å². The Labute approximate surface area is 84.7 Å². The lowest BCUT2D eigenvalue weighted by Gasteiger charge is -2.06. The van der Waals surface area contributed by atoms with E-state index in [0.717, 1.165) is 5.56 Å². The Bertz CT molecular complexity index is 291. The summed E-state index contributed by atoms with van der Waals surface area (Å²) in [6.07, 6.45) is 0. The molecule has 2 N–H and O–H groups in total. The van der Waals surface area contributed by atoms with Crippen molar-refractivity contribution in [2.75, 3.05) is 7.05 Å². The Balaban J connectivity index is 3.08. The molecule has 0 atom stereocenters. The van der Waals surface area contributed by atoms with E-state index >= 15 is 0 Å². The van der Waals surface area contributed by atoms with Crippen LogP contribution in [0.1, 0.15) is 5.56 Å². The second kappa shape index (κ2) is 4.12. The van der Waals surface area contributed by atoms with Gasteiger partial charge in [-0.3, -0.25) is 0 Å². The van der Waals surface area contributed by atoms with Crippen LogP contribution in [0.4, 0.5) is 0 Å². The third-order valence-electron chi connectivity index (χ3n) is 1.52. The molecular formula is C8H9BrClNO.